The molecule has 0 fully saturated rings. The number of amides is 1. The highest BCUT2D eigenvalue weighted by Gasteiger charge is 2.33. The number of aromatic amines is 2. The van der Waals surface area contributed by atoms with Crippen molar-refractivity contribution in [2.75, 3.05) is 5.32 Å². The molecule has 2 aromatic carbocycles. The Bertz CT molecular complexity index is 1360. The van der Waals surface area contributed by atoms with Crippen molar-refractivity contribution >= 4 is 22.8 Å². The lowest BCUT2D eigenvalue weighted by molar-refractivity contribution is -0.275. The van der Waals surface area contributed by atoms with E-state index in [1.807, 2.05) is 0 Å². The van der Waals surface area contributed by atoms with Crippen molar-refractivity contribution in [1.82, 2.24) is 15.0 Å². The largest absolute Gasteiger partial charge is 0.573 e. The number of pyridine rings is 1. The zero-order valence-corrected chi connectivity index (χ0v) is 15.8. The first kappa shape index (κ1) is 20.9. The van der Waals surface area contributed by atoms with Crippen LogP contribution >= 0.6 is 0 Å². The Morgan fingerprint density at radius 3 is 2.59 bits per heavy atom. The SMILES string of the molecule is O=C(Nc1cccc(Oc2ccnc3[nH]c(=O)[nH]c23)c1)c1cccc(OC(F)(F)F)c1F. The topological polar surface area (TPSA) is 109 Å². The highest BCUT2D eigenvalue weighted by Crippen LogP contribution is 2.30. The number of benzene rings is 2. The van der Waals surface area contributed by atoms with Gasteiger partial charge >= 0.3 is 12.1 Å². The van der Waals surface area contributed by atoms with Crippen LogP contribution in [-0.2, 0) is 0 Å². The number of rotatable bonds is 5. The fourth-order valence-corrected chi connectivity index (χ4v) is 2.85. The molecule has 8 nitrogen and oxygen atoms in total. The summed E-state index contributed by atoms with van der Waals surface area (Å²) in [5, 5.41) is 2.38. The van der Waals surface area contributed by atoms with Crippen molar-refractivity contribution in [3.8, 4) is 17.2 Å². The first-order valence-corrected chi connectivity index (χ1v) is 8.90. The van der Waals surface area contributed by atoms with Crippen LogP contribution in [0.2, 0.25) is 0 Å². The van der Waals surface area contributed by atoms with E-state index in [4.69, 9.17) is 4.74 Å². The first-order valence-electron chi connectivity index (χ1n) is 8.90. The summed E-state index contributed by atoms with van der Waals surface area (Å²) in [6.45, 7) is 0. The lowest BCUT2D eigenvalue weighted by Gasteiger charge is -2.12. The molecule has 0 aliphatic carbocycles. The number of carbonyl (C=O) groups is 1. The van der Waals surface area contributed by atoms with Gasteiger partial charge in [-0.05, 0) is 24.3 Å². The van der Waals surface area contributed by atoms with Gasteiger partial charge < -0.3 is 19.8 Å². The number of alkyl halides is 3. The zero-order chi connectivity index (χ0) is 22.9. The molecule has 2 aromatic heterocycles. The maximum Gasteiger partial charge on any atom is 0.573 e. The van der Waals surface area contributed by atoms with Gasteiger partial charge in [-0.25, -0.2) is 14.2 Å². The number of anilines is 1. The Balaban J connectivity index is 1.55. The number of aromatic nitrogens is 3. The first-order chi connectivity index (χ1) is 15.2. The molecule has 0 unspecified atom stereocenters. The van der Waals surface area contributed by atoms with Crippen LogP contribution in [0.3, 0.4) is 0 Å². The fourth-order valence-electron chi connectivity index (χ4n) is 2.85. The second-order valence-electron chi connectivity index (χ2n) is 6.36. The number of halogens is 4. The van der Waals surface area contributed by atoms with Crippen LogP contribution in [0.1, 0.15) is 10.4 Å². The number of carbonyl (C=O) groups excluding carboxylic acids is 1. The molecule has 0 aliphatic heterocycles. The zero-order valence-electron chi connectivity index (χ0n) is 15.8. The van der Waals surface area contributed by atoms with Crippen molar-refractivity contribution in [2.45, 2.75) is 6.36 Å². The molecule has 4 aromatic rings. The van der Waals surface area contributed by atoms with Crippen LogP contribution < -0.4 is 20.5 Å². The smallest absolute Gasteiger partial charge is 0.455 e. The minimum atomic E-state index is -5.11. The fraction of sp³-hybridized carbons (Fsp3) is 0.0500. The van der Waals surface area contributed by atoms with Crippen molar-refractivity contribution in [3.05, 3.63) is 76.6 Å². The Hall–Kier alpha value is -4.35. The minimum Gasteiger partial charge on any atom is -0.455 e. The van der Waals surface area contributed by atoms with Gasteiger partial charge in [-0.3, -0.25) is 9.78 Å². The summed E-state index contributed by atoms with van der Waals surface area (Å²) in [4.78, 5) is 32.9. The van der Waals surface area contributed by atoms with E-state index in [1.165, 1.54) is 30.5 Å². The summed E-state index contributed by atoms with van der Waals surface area (Å²) >= 11 is 0. The number of hydrogen-bond acceptors (Lipinski definition) is 5. The predicted molar refractivity (Wildman–Crippen MR) is 104 cm³/mol. The third-order valence-electron chi connectivity index (χ3n) is 4.14. The van der Waals surface area contributed by atoms with Crippen molar-refractivity contribution < 1.29 is 31.8 Å². The molecule has 164 valence electrons. The van der Waals surface area contributed by atoms with E-state index in [0.717, 1.165) is 18.2 Å². The third-order valence-corrected chi connectivity index (χ3v) is 4.14. The number of nitrogens with zero attached hydrogens (tertiary/aromatic N) is 1. The molecular weight excluding hydrogens is 436 g/mol. The molecule has 0 radical (unpaired) electrons. The van der Waals surface area contributed by atoms with Gasteiger partial charge in [0.05, 0.1) is 5.56 Å². The highest BCUT2D eigenvalue weighted by molar-refractivity contribution is 6.04. The van der Waals surface area contributed by atoms with Gasteiger partial charge in [0.2, 0.25) is 0 Å². The Morgan fingerprint density at radius 1 is 1.03 bits per heavy atom. The number of ether oxygens (including phenoxy) is 2. The number of nitrogens with one attached hydrogen (secondary N) is 3. The molecule has 1 amide bonds. The molecule has 0 aliphatic rings. The number of fused-ring (bicyclic) bond motifs is 1. The Morgan fingerprint density at radius 2 is 1.81 bits per heavy atom. The summed E-state index contributed by atoms with van der Waals surface area (Å²) in [7, 11) is 0. The highest BCUT2D eigenvalue weighted by atomic mass is 19.4. The van der Waals surface area contributed by atoms with E-state index in [9.17, 15) is 27.2 Å². The van der Waals surface area contributed by atoms with Gasteiger partial charge in [0, 0.05) is 24.0 Å². The third kappa shape index (κ3) is 4.53. The summed E-state index contributed by atoms with van der Waals surface area (Å²) in [5.74, 6) is -3.03. The van der Waals surface area contributed by atoms with E-state index >= 15 is 0 Å². The summed E-state index contributed by atoms with van der Waals surface area (Å²) in [6, 6.07) is 10.3. The molecule has 4 rings (SSSR count). The van der Waals surface area contributed by atoms with Crippen molar-refractivity contribution in [3.63, 3.8) is 0 Å². The van der Waals surface area contributed by atoms with Crippen LogP contribution in [0.5, 0.6) is 17.2 Å². The van der Waals surface area contributed by atoms with Gasteiger partial charge in [-0.15, -0.1) is 13.2 Å². The lowest BCUT2D eigenvalue weighted by atomic mass is 10.1. The summed E-state index contributed by atoms with van der Waals surface area (Å²) < 4.78 is 60.8. The van der Waals surface area contributed by atoms with Gasteiger partial charge in [0.1, 0.15) is 11.3 Å². The predicted octanol–water partition coefficient (Wildman–Crippen LogP) is 4.33. The average molecular weight is 448 g/mol. The molecule has 0 bridgehead atoms. The molecule has 0 saturated heterocycles. The lowest BCUT2D eigenvalue weighted by Crippen LogP contribution is -2.20. The van der Waals surface area contributed by atoms with Crippen LogP contribution in [0.4, 0.5) is 23.2 Å². The monoisotopic (exact) mass is 448 g/mol. The van der Waals surface area contributed by atoms with Crippen molar-refractivity contribution in [1.29, 1.82) is 0 Å². The Kier molecular flexibility index (Phi) is 5.26. The summed E-state index contributed by atoms with van der Waals surface area (Å²) in [6.07, 6.45) is -3.68. The molecule has 32 heavy (non-hydrogen) atoms. The van der Waals surface area contributed by atoms with Gasteiger partial charge in [0.25, 0.3) is 5.91 Å². The van der Waals surface area contributed by atoms with E-state index in [1.54, 1.807) is 6.07 Å². The summed E-state index contributed by atoms with van der Waals surface area (Å²) in [5.41, 5.74) is -0.312. The molecule has 3 N–H and O–H groups in total. The minimum absolute atomic E-state index is 0.182. The maximum atomic E-state index is 14.3. The molecule has 12 heteroatoms. The van der Waals surface area contributed by atoms with E-state index in [0.29, 0.717) is 5.52 Å². The van der Waals surface area contributed by atoms with Gasteiger partial charge in [-0.1, -0.05) is 12.1 Å². The van der Waals surface area contributed by atoms with Gasteiger partial charge in [-0.2, -0.15) is 0 Å². The average Bonchev–Trinajstić information content (AvgIpc) is 3.10. The number of imidazole rings is 1. The van der Waals surface area contributed by atoms with Crippen LogP contribution in [0.15, 0.2) is 59.5 Å². The maximum absolute atomic E-state index is 14.3. The van der Waals surface area contributed by atoms with E-state index in [2.05, 4.69) is 25.0 Å². The number of H-pyrrole nitrogens is 2. The molecule has 0 spiro atoms. The quantitative estimate of drug-likeness (QED) is 0.394. The second-order valence-corrected chi connectivity index (χ2v) is 6.36. The molecule has 2 heterocycles. The van der Waals surface area contributed by atoms with Crippen LogP contribution in [0.25, 0.3) is 11.2 Å². The second kappa shape index (κ2) is 8.06. The Labute approximate surface area is 175 Å². The van der Waals surface area contributed by atoms with Crippen LogP contribution in [0, 0.1) is 5.82 Å². The molecular formula is C20H12F4N4O4. The van der Waals surface area contributed by atoms with E-state index in [-0.39, 0.29) is 22.8 Å². The van der Waals surface area contributed by atoms with Crippen molar-refractivity contribution in [2.24, 2.45) is 0 Å². The van der Waals surface area contributed by atoms with E-state index < -0.39 is 35.1 Å². The molecule has 0 atom stereocenters. The van der Waals surface area contributed by atoms with Crippen LogP contribution in [-0.4, -0.2) is 27.2 Å². The normalized spacial score (nSPS) is 11.4. The standard InChI is InChI=1S/C20H12F4N4O4/c21-15-12(5-2-6-13(15)32-20(22,23)24)18(29)26-10-3-1-4-11(9-10)31-14-7-8-25-17-16(14)27-19(30)28-17/h1-9H,(H,26,29)(H2,25,27,28,30). The number of hydrogen-bond donors (Lipinski definition) is 3. The van der Waals surface area contributed by atoms with Gasteiger partial charge in [0.15, 0.2) is 23.0 Å². The molecule has 0 saturated carbocycles.